The number of carbonyl (C=O) groups is 1. The Morgan fingerprint density at radius 3 is 2.65 bits per heavy atom. The van der Waals surface area contributed by atoms with Crippen molar-refractivity contribution in [2.75, 3.05) is 19.6 Å². The van der Waals surface area contributed by atoms with Gasteiger partial charge in [-0.2, -0.15) is 0 Å². The van der Waals surface area contributed by atoms with Crippen molar-refractivity contribution < 1.29 is 4.79 Å². The Kier molecular flexibility index (Phi) is 4.80. The Morgan fingerprint density at radius 2 is 2.18 bits per heavy atom. The topological polar surface area (TPSA) is 58.4 Å². The van der Waals surface area contributed by atoms with Crippen molar-refractivity contribution in [1.82, 2.24) is 10.2 Å². The second-order valence-corrected chi connectivity index (χ2v) is 6.30. The zero-order valence-electron chi connectivity index (χ0n) is 11.6. The quantitative estimate of drug-likeness (QED) is 0.774. The average Bonchev–Trinajstić information content (AvgIpc) is 2.23. The molecule has 0 radical (unpaired) electrons. The number of urea groups is 1. The first-order valence-electron chi connectivity index (χ1n) is 6.60. The molecule has 0 saturated carbocycles. The van der Waals surface area contributed by atoms with Crippen molar-refractivity contribution in [2.45, 2.75) is 46.6 Å². The van der Waals surface area contributed by atoms with Crippen molar-refractivity contribution in [1.29, 1.82) is 0 Å². The molecular weight excluding hydrogens is 214 g/mol. The molecule has 2 atom stereocenters. The van der Waals surface area contributed by atoms with E-state index in [-0.39, 0.29) is 17.5 Å². The maximum absolute atomic E-state index is 12.1. The minimum atomic E-state index is 0.00577. The Labute approximate surface area is 105 Å². The molecule has 4 heteroatoms. The minimum absolute atomic E-state index is 0.00577. The first kappa shape index (κ1) is 14.3. The highest BCUT2D eigenvalue weighted by atomic mass is 16.2. The molecule has 1 fully saturated rings. The number of hydrogen-bond acceptors (Lipinski definition) is 2. The fraction of sp³-hybridized carbons (Fsp3) is 0.923. The number of nitrogens with zero attached hydrogens (tertiary/aromatic N) is 1. The Morgan fingerprint density at radius 1 is 1.53 bits per heavy atom. The van der Waals surface area contributed by atoms with Crippen LogP contribution in [0.5, 0.6) is 0 Å². The van der Waals surface area contributed by atoms with Crippen molar-refractivity contribution in [3.63, 3.8) is 0 Å². The molecule has 3 N–H and O–H groups in total. The van der Waals surface area contributed by atoms with Gasteiger partial charge in [-0.1, -0.05) is 27.7 Å². The van der Waals surface area contributed by atoms with E-state index in [1.165, 1.54) is 6.42 Å². The van der Waals surface area contributed by atoms with Crippen LogP contribution in [0.1, 0.15) is 40.5 Å². The highest BCUT2D eigenvalue weighted by Crippen LogP contribution is 2.20. The SMILES string of the molecule is CC1CCCN(C(=O)NC(CN)C(C)(C)C)C1. The smallest absolute Gasteiger partial charge is 0.317 e. The molecule has 0 aromatic carbocycles. The summed E-state index contributed by atoms with van der Waals surface area (Å²) in [5, 5.41) is 3.06. The maximum atomic E-state index is 12.1. The first-order chi connectivity index (χ1) is 7.84. The minimum Gasteiger partial charge on any atom is -0.333 e. The van der Waals surface area contributed by atoms with E-state index in [0.29, 0.717) is 12.5 Å². The lowest BCUT2D eigenvalue weighted by atomic mass is 9.87. The molecule has 2 unspecified atom stereocenters. The van der Waals surface area contributed by atoms with Gasteiger partial charge in [0.2, 0.25) is 0 Å². The van der Waals surface area contributed by atoms with E-state index in [1.807, 2.05) is 4.90 Å². The molecule has 1 saturated heterocycles. The monoisotopic (exact) mass is 241 g/mol. The molecule has 1 heterocycles. The first-order valence-corrected chi connectivity index (χ1v) is 6.60. The lowest BCUT2D eigenvalue weighted by Gasteiger charge is -2.35. The molecule has 0 aliphatic carbocycles. The summed E-state index contributed by atoms with van der Waals surface area (Å²) in [7, 11) is 0. The Balaban J connectivity index is 2.52. The Bertz CT molecular complexity index is 260. The predicted octanol–water partition coefficient (Wildman–Crippen LogP) is 1.80. The molecule has 0 spiro atoms. The molecular formula is C13H27N3O. The fourth-order valence-corrected chi connectivity index (χ4v) is 2.24. The van der Waals surface area contributed by atoms with Gasteiger partial charge in [0.05, 0.1) is 0 Å². The molecule has 100 valence electrons. The van der Waals surface area contributed by atoms with Gasteiger partial charge in [0.25, 0.3) is 0 Å². The largest absolute Gasteiger partial charge is 0.333 e. The zero-order chi connectivity index (χ0) is 13.1. The number of carbonyl (C=O) groups excluding carboxylic acids is 1. The van der Waals surface area contributed by atoms with Crippen LogP contribution < -0.4 is 11.1 Å². The van der Waals surface area contributed by atoms with Crippen LogP contribution in [0.3, 0.4) is 0 Å². The maximum Gasteiger partial charge on any atom is 0.317 e. The number of hydrogen-bond donors (Lipinski definition) is 2. The third-order valence-corrected chi connectivity index (χ3v) is 3.52. The van der Waals surface area contributed by atoms with Crippen LogP contribution >= 0.6 is 0 Å². The van der Waals surface area contributed by atoms with Crippen LogP contribution in [0.25, 0.3) is 0 Å². The van der Waals surface area contributed by atoms with E-state index >= 15 is 0 Å². The van der Waals surface area contributed by atoms with Gasteiger partial charge in [0, 0.05) is 25.7 Å². The van der Waals surface area contributed by atoms with E-state index in [1.54, 1.807) is 0 Å². The van der Waals surface area contributed by atoms with E-state index in [4.69, 9.17) is 5.73 Å². The number of piperidine rings is 1. The van der Waals surface area contributed by atoms with Crippen LogP contribution in [-0.2, 0) is 0 Å². The number of nitrogens with one attached hydrogen (secondary N) is 1. The van der Waals surface area contributed by atoms with E-state index in [0.717, 1.165) is 19.5 Å². The van der Waals surface area contributed by atoms with Gasteiger partial charge in [-0.25, -0.2) is 4.79 Å². The molecule has 1 aliphatic heterocycles. The summed E-state index contributed by atoms with van der Waals surface area (Å²) < 4.78 is 0. The van der Waals surface area contributed by atoms with Crippen LogP contribution in [0.4, 0.5) is 4.79 Å². The highest BCUT2D eigenvalue weighted by Gasteiger charge is 2.28. The summed E-state index contributed by atoms with van der Waals surface area (Å²) in [6, 6.07) is 0.0779. The number of rotatable bonds is 2. The van der Waals surface area contributed by atoms with Crippen molar-refractivity contribution in [2.24, 2.45) is 17.1 Å². The molecule has 4 nitrogen and oxygen atoms in total. The molecule has 0 aromatic rings. The van der Waals surface area contributed by atoms with Gasteiger partial charge < -0.3 is 16.0 Å². The number of nitrogens with two attached hydrogens (primary N) is 1. The molecule has 1 rings (SSSR count). The van der Waals surface area contributed by atoms with Gasteiger partial charge in [0.15, 0.2) is 0 Å². The van der Waals surface area contributed by atoms with Gasteiger partial charge in [-0.05, 0) is 24.2 Å². The molecule has 0 aromatic heterocycles. The van der Waals surface area contributed by atoms with E-state index in [9.17, 15) is 4.79 Å². The van der Waals surface area contributed by atoms with Crippen LogP contribution in [0.15, 0.2) is 0 Å². The number of amides is 2. The van der Waals surface area contributed by atoms with Crippen LogP contribution in [-0.4, -0.2) is 36.6 Å². The van der Waals surface area contributed by atoms with Crippen LogP contribution in [0.2, 0.25) is 0 Å². The second-order valence-electron chi connectivity index (χ2n) is 6.30. The highest BCUT2D eigenvalue weighted by molar-refractivity contribution is 5.74. The van der Waals surface area contributed by atoms with Gasteiger partial charge in [-0.3, -0.25) is 0 Å². The van der Waals surface area contributed by atoms with Gasteiger partial charge in [0.1, 0.15) is 0 Å². The summed E-state index contributed by atoms with van der Waals surface area (Å²) >= 11 is 0. The van der Waals surface area contributed by atoms with Crippen molar-refractivity contribution in [3.8, 4) is 0 Å². The summed E-state index contributed by atoms with van der Waals surface area (Å²) in [6.07, 6.45) is 2.33. The number of likely N-dealkylation sites (tertiary alicyclic amines) is 1. The van der Waals surface area contributed by atoms with E-state index < -0.39 is 0 Å². The third kappa shape index (κ3) is 4.19. The zero-order valence-corrected chi connectivity index (χ0v) is 11.6. The molecule has 1 aliphatic rings. The van der Waals surface area contributed by atoms with Gasteiger partial charge in [-0.15, -0.1) is 0 Å². The molecule has 17 heavy (non-hydrogen) atoms. The van der Waals surface area contributed by atoms with E-state index in [2.05, 4.69) is 33.0 Å². The van der Waals surface area contributed by atoms with Crippen LogP contribution in [0, 0.1) is 11.3 Å². The Hall–Kier alpha value is -0.770. The third-order valence-electron chi connectivity index (χ3n) is 3.52. The van der Waals surface area contributed by atoms with Crippen molar-refractivity contribution in [3.05, 3.63) is 0 Å². The summed E-state index contributed by atoms with van der Waals surface area (Å²) in [4.78, 5) is 14.0. The van der Waals surface area contributed by atoms with Crippen molar-refractivity contribution >= 4 is 6.03 Å². The van der Waals surface area contributed by atoms with Gasteiger partial charge >= 0.3 is 6.03 Å². The lowest BCUT2D eigenvalue weighted by Crippen LogP contribution is -2.54. The average molecular weight is 241 g/mol. The summed E-state index contributed by atoms with van der Waals surface area (Å²) in [6.45, 7) is 10.7. The summed E-state index contributed by atoms with van der Waals surface area (Å²) in [5.74, 6) is 0.612. The second kappa shape index (κ2) is 5.71. The predicted molar refractivity (Wildman–Crippen MR) is 70.8 cm³/mol. The standard InChI is InChI=1S/C13H27N3O/c1-10-6-5-7-16(9-10)12(17)15-11(8-14)13(2,3)4/h10-11H,5-9,14H2,1-4H3,(H,15,17). The normalized spacial score (nSPS) is 23.4. The molecule has 2 amide bonds. The summed E-state index contributed by atoms with van der Waals surface area (Å²) in [5.41, 5.74) is 5.74. The molecule has 0 bridgehead atoms. The fourth-order valence-electron chi connectivity index (χ4n) is 2.24. The lowest BCUT2D eigenvalue weighted by molar-refractivity contribution is 0.157.